The summed E-state index contributed by atoms with van der Waals surface area (Å²) < 4.78 is 6.87. The largest absolute Gasteiger partial charge is 0.497 e. The molecule has 0 bridgehead atoms. The second-order valence-corrected chi connectivity index (χ2v) is 7.60. The minimum Gasteiger partial charge on any atom is -0.497 e. The van der Waals surface area contributed by atoms with E-state index >= 15 is 0 Å². The molecule has 0 aliphatic carbocycles. The van der Waals surface area contributed by atoms with Crippen molar-refractivity contribution in [3.63, 3.8) is 0 Å². The number of amides is 1. The molecule has 2 heterocycles. The number of nitrogens with zero attached hydrogens (tertiary/aromatic N) is 6. The Morgan fingerprint density at radius 2 is 1.86 bits per heavy atom. The molecule has 9 heteroatoms. The van der Waals surface area contributed by atoms with Crippen LogP contribution < -0.4 is 10.1 Å². The van der Waals surface area contributed by atoms with Crippen molar-refractivity contribution in [1.82, 2.24) is 30.0 Å². The highest BCUT2D eigenvalue weighted by atomic mass is 16.5. The van der Waals surface area contributed by atoms with Gasteiger partial charge in [-0.05, 0) is 29.8 Å². The maximum atomic E-state index is 12.6. The Bertz CT molecular complexity index is 981. The summed E-state index contributed by atoms with van der Waals surface area (Å²) in [6.45, 7) is 7.86. The van der Waals surface area contributed by atoms with Crippen molar-refractivity contribution in [3.05, 3.63) is 35.8 Å². The van der Waals surface area contributed by atoms with Gasteiger partial charge < -0.3 is 10.1 Å². The Kier molecular flexibility index (Phi) is 5.17. The number of rotatable bonds is 5. The fourth-order valence-electron chi connectivity index (χ4n) is 2.82. The number of aryl methyl sites for hydroxylation is 2. The van der Waals surface area contributed by atoms with Crippen LogP contribution in [-0.4, -0.2) is 43.0 Å². The number of carbonyl (C=O) groups excluding carboxylic acids is 1. The molecule has 0 spiro atoms. The third-order valence-electron chi connectivity index (χ3n) is 4.27. The lowest BCUT2D eigenvalue weighted by Gasteiger charge is -2.11. The first-order valence-corrected chi connectivity index (χ1v) is 8.95. The predicted molar refractivity (Wildman–Crippen MR) is 105 cm³/mol. The number of benzene rings is 1. The fraction of sp³-hybridized carbons (Fsp3) is 0.421. The minimum atomic E-state index is -0.254. The molecule has 3 rings (SSSR count). The number of carbonyl (C=O) groups is 1. The second kappa shape index (κ2) is 7.41. The standard InChI is InChI=1S/C19H25N7O2/c1-12-16(13-7-9-14(28-6)10-8-13)17(25(5)22-12)20-15(27)11-26-23-18(21-24-26)19(2,3)4/h7-10H,11H2,1-6H3,(H,20,27). The van der Waals surface area contributed by atoms with Gasteiger partial charge in [0.25, 0.3) is 0 Å². The molecule has 0 radical (unpaired) electrons. The van der Waals surface area contributed by atoms with Crippen LogP contribution in [-0.2, 0) is 23.8 Å². The molecular weight excluding hydrogens is 358 g/mol. The monoisotopic (exact) mass is 383 g/mol. The molecule has 0 aliphatic heterocycles. The van der Waals surface area contributed by atoms with Crippen molar-refractivity contribution < 1.29 is 9.53 Å². The van der Waals surface area contributed by atoms with E-state index in [2.05, 4.69) is 25.8 Å². The summed E-state index contributed by atoms with van der Waals surface area (Å²) in [5, 5.41) is 19.7. The molecule has 1 aromatic carbocycles. The summed E-state index contributed by atoms with van der Waals surface area (Å²) in [4.78, 5) is 13.9. The number of hydrogen-bond acceptors (Lipinski definition) is 6. The molecule has 0 aliphatic rings. The third kappa shape index (κ3) is 4.03. The van der Waals surface area contributed by atoms with E-state index in [9.17, 15) is 4.79 Å². The van der Waals surface area contributed by atoms with Crippen LogP contribution in [0.1, 0.15) is 32.3 Å². The quantitative estimate of drug-likeness (QED) is 0.726. The number of aromatic nitrogens is 6. The molecule has 0 atom stereocenters. The Balaban J connectivity index is 1.82. The molecule has 2 aromatic heterocycles. The number of methoxy groups -OCH3 is 1. The van der Waals surface area contributed by atoms with Gasteiger partial charge in [0.2, 0.25) is 5.91 Å². The summed E-state index contributed by atoms with van der Waals surface area (Å²) in [6, 6.07) is 7.63. The van der Waals surface area contributed by atoms with Gasteiger partial charge in [0.15, 0.2) is 5.82 Å². The number of ether oxygens (including phenoxy) is 1. The molecule has 9 nitrogen and oxygen atoms in total. The van der Waals surface area contributed by atoms with Gasteiger partial charge >= 0.3 is 0 Å². The zero-order valence-electron chi connectivity index (χ0n) is 17.0. The van der Waals surface area contributed by atoms with Crippen LogP contribution in [0.5, 0.6) is 5.75 Å². The zero-order valence-corrected chi connectivity index (χ0v) is 17.0. The minimum absolute atomic E-state index is 0.0324. The van der Waals surface area contributed by atoms with Crippen LogP contribution in [0.25, 0.3) is 11.1 Å². The summed E-state index contributed by atoms with van der Waals surface area (Å²) in [7, 11) is 3.42. The van der Waals surface area contributed by atoms with Gasteiger partial charge in [0.05, 0.1) is 12.8 Å². The van der Waals surface area contributed by atoms with Gasteiger partial charge in [-0.15, -0.1) is 10.2 Å². The van der Waals surface area contributed by atoms with Crippen LogP contribution in [0.2, 0.25) is 0 Å². The second-order valence-electron chi connectivity index (χ2n) is 7.60. The molecule has 0 saturated carbocycles. The van der Waals surface area contributed by atoms with Crippen molar-refractivity contribution in [1.29, 1.82) is 0 Å². The number of anilines is 1. The number of hydrogen-bond donors (Lipinski definition) is 1. The van der Waals surface area contributed by atoms with Gasteiger partial charge in [-0.3, -0.25) is 9.48 Å². The van der Waals surface area contributed by atoms with Gasteiger partial charge in [-0.2, -0.15) is 9.90 Å². The van der Waals surface area contributed by atoms with Gasteiger partial charge in [-0.25, -0.2) is 0 Å². The van der Waals surface area contributed by atoms with Crippen molar-refractivity contribution in [2.45, 2.75) is 39.7 Å². The lowest BCUT2D eigenvalue weighted by molar-refractivity contribution is -0.117. The van der Waals surface area contributed by atoms with E-state index < -0.39 is 0 Å². The third-order valence-corrected chi connectivity index (χ3v) is 4.27. The van der Waals surface area contributed by atoms with Crippen molar-refractivity contribution in [2.75, 3.05) is 12.4 Å². The van der Waals surface area contributed by atoms with Gasteiger partial charge in [0.1, 0.15) is 18.1 Å². The average Bonchev–Trinajstić information content (AvgIpc) is 3.20. The van der Waals surface area contributed by atoms with E-state index in [0.717, 1.165) is 22.6 Å². The maximum absolute atomic E-state index is 12.6. The summed E-state index contributed by atoms with van der Waals surface area (Å²) in [6.07, 6.45) is 0. The Morgan fingerprint density at radius 3 is 2.43 bits per heavy atom. The van der Waals surface area contributed by atoms with Crippen molar-refractivity contribution >= 4 is 11.7 Å². The molecule has 1 amide bonds. The van der Waals surface area contributed by atoms with Crippen molar-refractivity contribution in [2.24, 2.45) is 7.05 Å². The Morgan fingerprint density at radius 1 is 1.18 bits per heavy atom. The van der Waals surface area contributed by atoms with Crippen LogP contribution in [0, 0.1) is 6.92 Å². The SMILES string of the molecule is COc1ccc(-c2c(C)nn(C)c2NC(=O)Cn2nnc(C(C)(C)C)n2)cc1. The van der Waals surface area contributed by atoms with Crippen LogP contribution in [0.15, 0.2) is 24.3 Å². The van der Waals surface area contributed by atoms with E-state index in [-0.39, 0.29) is 17.9 Å². The lowest BCUT2D eigenvalue weighted by Crippen LogP contribution is -2.22. The molecule has 0 unspecified atom stereocenters. The fourth-order valence-corrected chi connectivity index (χ4v) is 2.82. The van der Waals surface area contributed by atoms with Crippen molar-refractivity contribution in [3.8, 4) is 16.9 Å². The highest BCUT2D eigenvalue weighted by Crippen LogP contribution is 2.32. The highest BCUT2D eigenvalue weighted by Gasteiger charge is 2.22. The van der Waals surface area contributed by atoms with E-state index in [1.807, 2.05) is 52.0 Å². The van der Waals surface area contributed by atoms with Gasteiger partial charge in [0, 0.05) is 18.0 Å². The highest BCUT2D eigenvalue weighted by molar-refractivity contribution is 5.94. The van der Waals surface area contributed by atoms with E-state index in [1.54, 1.807) is 18.8 Å². The summed E-state index contributed by atoms with van der Waals surface area (Å²) >= 11 is 0. The lowest BCUT2D eigenvalue weighted by atomic mass is 9.96. The molecule has 0 saturated heterocycles. The molecule has 1 N–H and O–H groups in total. The molecule has 28 heavy (non-hydrogen) atoms. The molecule has 148 valence electrons. The van der Waals surface area contributed by atoms with Crippen LogP contribution in [0.4, 0.5) is 5.82 Å². The topological polar surface area (TPSA) is 99.8 Å². The first-order valence-electron chi connectivity index (χ1n) is 8.95. The smallest absolute Gasteiger partial charge is 0.249 e. The first-order chi connectivity index (χ1) is 13.2. The number of tetrazole rings is 1. The molecule has 3 aromatic rings. The van der Waals surface area contributed by atoms with E-state index in [4.69, 9.17) is 4.74 Å². The zero-order chi connectivity index (χ0) is 20.5. The summed E-state index contributed by atoms with van der Waals surface area (Å²) in [5.41, 5.74) is 2.39. The summed E-state index contributed by atoms with van der Waals surface area (Å²) in [5.74, 6) is 1.72. The van der Waals surface area contributed by atoms with Gasteiger partial charge in [-0.1, -0.05) is 32.9 Å². The Hall–Kier alpha value is -3.23. The van der Waals surface area contributed by atoms with Crippen LogP contribution in [0.3, 0.4) is 0 Å². The molecular formula is C19H25N7O2. The number of nitrogens with one attached hydrogen (secondary N) is 1. The average molecular weight is 383 g/mol. The first kappa shape index (κ1) is 19.5. The predicted octanol–water partition coefficient (Wildman–Crippen LogP) is 2.33. The van der Waals surface area contributed by atoms with E-state index in [1.165, 1.54) is 4.80 Å². The van der Waals surface area contributed by atoms with E-state index in [0.29, 0.717) is 11.6 Å². The Labute approximate surface area is 163 Å². The molecule has 0 fully saturated rings. The van der Waals surface area contributed by atoms with Crippen LogP contribution >= 0.6 is 0 Å². The normalized spacial score (nSPS) is 11.5. The maximum Gasteiger partial charge on any atom is 0.249 e.